The van der Waals surface area contributed by atoms with E-state index in [1.165, 1.54) is 25.7 Å². The number of aliphatic hydroxyl groups is 1. The molecule has 1 nitrogen and oxygen atoms in total. The smallest absolute Gasteiger partial charge is 0.0687 e. The van der Waals surface area contributed by atoms with E-state index in [9.17, 15) is 5.11 Å². The van der Waals surface area contributed by atoms with E-state index >= 15 is 0 Å². The Balaban J connectivity index is 2.03. The molecule has 0 aromatic rings. The van der Waals surface area contributed by atoms with Crippen molar-refractivity contribution in [2.75, 3.05) is 0 Å². The molecule has 0 aliphatic heterocycles. The molecule has 0 amide bonds. The van der Waals surface area contributed by atoms with E-state index in [1.54, 1.807) is 0 Å². The maximum absolute atomic E-state index is 10.5. The van der Waals surface area contributed by atoms with Crippen LogP contribution in [0.15, 0.2) is 12.2 Å². The fourth-order valence-corrected chi connectivity index (χ4v) is 4.07. The zero-order valence-electron chi connectivity index (χ0n) is 8.24. The van der Waals surface area contributed by atoms with E-state index < -0.39 is 0 Å². The molecule has 0 heterocycles. The Labute approximate surface area is 79.8 Å². The first kappa shape index (κ1) is 8.05. The minimum absolute atomic E-state index is 0.366. The monoisotopic (exact) mass is 178 g/mol. The predicted molar refractivity (Wildman–Crippen MR) is 52.2 cm³/mol. The van der Waals surface area contributed by atoms with Gasteiger partial charge in [-0.15, -0.1) is 0 Å². The topological polar surface area (TPSA) is 20.2 Å². The molecule has 13 heavy (non-hydrogen) atoms. The maximum Gasteiger partial charge on any atom is 0.0687 e. The van der Waals surface area contributed by atoms with E-state index in [-0.39, 0.29) is 5.60 Å². The van der Waals surface area contributed by atoms with Crippen LogP contribution in [0.1, 0.15) is 32.6 Å². The van der Waals surface area contributed by atoms with Crippen molar-refractivity contribution in [1.82, 2.24) is 0 Å². The first-order chi connectivity index (χ1) is 6.19. The molecule has 72 valence electrons. The quantitative estimate of drug-likeness (QED) is 0.565. The van der Waals surface area contributed by atoms with Crippen LogP contribution >= 0.6 is 0 Å². The molecule has 4 atom stereocenters. The third-order valence-electron chi connectivity index (χ3n) is 4.72. The third kappa shape index (κ3) is 0.914. The van der Waals surface area contributed by atoms with Crippen molar-refractivity contribution >= 4 is 0 Å². The van der Waals surface area contributed by atoms with Gasteiger partial charge in [0.25, 0.3) is 0 Å². The number of allylic oxidation sites excluding steroid dienone is 2. The first-order valence-electron chi connectivity index (χ1n) is 5.60. The van der Waals surface area contributed by atoms with Gasteiger partial charge in [-0.05, 0) is 49.9 Å². The fraction of sp³-hybridized carbons (Fsp3) is 0.833. The van der Waals surface area contributed by atoms with Gasteiger partial charge in [-0.25, -0.2) is 0 Å². The Morgan fingerprint density at radius 3 is 2.23 bits per heavy atom. The van der Waals surface area contributed by atoms with E-state index in [0.29, 0.717) is 23.7 Å². The van der Waals surface area contributed by atoms with Gasteiger partial charge in [-0.1, -0.05) is 18.6 Å². The minimum atomic E-state index is -0.366. The lowest BCUT2D eigenvalue weighted by atomic mass is 9.57. The molecule has 1 N–H and O–H groups in total. The molecule has 0 saturated heterocycles. The zero-order valence-corrected chi connectivity index (χ0v) is 8.24. The largest absolute Gasteiger partial charge is 0.390 e. The van der Waals surface area contributed by atoms with Gasteiger partial charge in [0.1, 0.15) is 0 Å². The van der Waals surface area contributed by atoms with Crippen molar-refractivity contribution < 1.29 is 5.11 Å². The molecule has 0 aromatic heterocycles. The predicted octanol–water partition coefficient (Wildman–Crippen LogP) is 2.36. The van der Waals surface area contributed by atoms with Crippen molar-refractivity contribution in [3.8, 4) is 0 Å². The highest BCUT2D eigenvalue weighted by Gasteiger charge is 2.53. The van der Waals surface area contributed by atoms with E-state index in [2.05, 4.69) is 19.1 Å². The van der Waals surface area contributed by atoms with Crippen LogP contribution in [0.2, 0.25) is 0 Å². The van der Waals surface area contributed by atoms with Gasteiger partial charge < -0.3 is 5.11 Å². The molecule has 4 bridgehead atoms. The second-order valence-electron chi connectivity index (χ2n) is 5.32. The van der Waals surface area contributed by atoms with E-state index in [1.807, 2.05) is 0 Å². The molecular formula is C12H18O. The lowest BCUT2D eigenvalue weighted by molar-refractivity contribution is -0.129. The van der Waals surface area contributed by atoms with Crippen molar-refractivity contribution in [3.05, 3.63) is 12.2 Å². The Bertz CT molecular complexity index is 232. The van der Waals surface area contributed by atoms with Crippen LogP contribution in [0.3, 0.4) is 0 Å². The summed E-state index contributed by atoms with van der Waals surface area (Å²) in [5.74, 6) is 2.50. The lowest BCUT2D eigenvalue weighted by Crippen LogP contribution is -2.53. The summed E-state index contributed by atoms with van der Waals surface area (Å²) in [6.07, 6.45) is 9.88. The van der Waals surface area contributed by atoms with Gasteiger partial charge in [0.05, 0.1) is 5.60 Å². The molecule has 4 unspecified atom stereocenters. The summed E-state index contributed by atoms with van der Waals surface area (Å²) in [7, 11) is 0. The van der Waals surface area contributed by atoms with E-state index in [0.717, 1.165) is 0 Å². The van der Waals surface area contributed by atoms with Gasteiger partial charge in [-0.2, -0.15) is 0 Å². The number of hydrogen-bond acceptors (Lipinski definition) is 1. The average Bonchev–Trinajstić information content (AvgIpc) is 2.45. The van der Waals surface area contributed by atoms with Gasteiger partial charge >= 0.3 is 0 Å². The van der Waals surface area contributed by atoms with Crippen LogP contribution in [0.4, 0.5) is 0 Å². The van der Waals surface area contributed by atoms with Gasteiger partial charge in [0.2, 0.25) is 0 Å². The normalized spacial score (nSPS) is 58.3. The summed E-state index contributed by atoms with van der Waals surface area (Å²) >= 11 is 0. The van der Waals surface area contributed by atoms with Crippen molar-refractivity contribution in [1.29, 1.82) is 0 Å². The molecule has 0 radical (unpaired) electrons. The van der Waals surface area contributed by atoms with Crippen LogP contribution < -0.4 is 0 Å². The standard InChI is InChI=1S/C12H18O/c1-12(13)10-3-2-4-11(12)9-6-5-8(10)7-9/h5-6,8-11,13H,2-4,7H2,1H3. The number of hydrogen-bond donors (Lipinski definition) is 1. The fourth-order valence-electron chi connectivity index (χ4n) is 4.07. The lowest BCUT2D eigenvalue weighted by Gasteiger charge is -2.51. The highest BCUT2D eigenvalue weighted by atomic mass is 16.3. The Kier molecular flexibility index (Phi) is 1.48. The number of rotatable bonds is 0. The molecular weight excluding hydrogens is 160 g/mol. The number of fused-ring (bicyclic) bond motifs is 6. The summed E-state index contributed by atoms with van der Waals surface area (Å²) in [6.45, 7) is 2.08. The Hall–Kier alpha value is -0.300. The van der Waals surface area contributed by atoms with Crippen molar-refractivity contribution in [2.45, 2.75) is 38.2 Å². The molecule has 3 aliphatic rings. The second kappa shape index (κ2) is 2.38. The van der Waals surface area contributed by atoms with Gasteiger partial charge in [-0.3, -0.25) is 0 Å². The summed E-state index contributed by atoms with van der Waals surface area (Å²) in [5, 5.41) is 10.5. The highest BCUT2D eigenvalue weighted by Crippen LogP contribution is 2.55. The average molecular weight is 178 g/mol. The zero-order chi connectivity index (χ0) is 9.05. The molecule has 2 fully saturated rings. The van der Waals surface area contributed by atoms with Crippen LogP contribution in [-0.2, 0) is 0 Å². The Morgan fingerprint density at radius 1 is 1.15 bits per heavy atom. The SMILES string of the molecule is CC1(O)C2CCCC1C1C=CC2C1. The minimum Gasteiger partial charge on any atom is -0.390 e. The Morgan fingerprint density at radius 2 is 1.69 bits per heavy atom. The molecule has 0 aromatic carbocycles. The second-order valence-corrected chi connectivity index (χ2v) is 5.32. The van der Waals surface area contributed by atoms with Crippen LogP contribution in [-0.4, -0.2) is 10.7 Å². The molecule has 2 saturated carbocycles. The third-order valence-corrected chi connectivity index (χ3v) is 4.72. The van der Waals surface area contributed by atoms with E-state index in [4.69, 9.17) is 0 Å². The summed E-state index contributed by atoms with van der Waals surface area (Å²) in [6, 6.07) is 0. The molecule has 0 spiro atoms. The van der Waals surface area contributed by atoms with Gasteiger partial charge in [0.15, 0.2) is 0 Å². The van der Waals surface area contributed by atoms with Crippen molar-refractivity contribution in [2.24, 2.45) is 23.7 Å². The maximum atomic E-state index is 10.5. The summed E-state index contributed by atoms with van der Waals surface area (Å²) in [5.41, 5.74) is -0.366. The van der Waals surface area contributed by atoms with Crippen LogP contribution in [0, 0.1) is 23.7 Å². The highest BCUT2D eigenvalue weighted by molar-refractivity contribution is 5.17. The van der Waals surface area contributed by atoms with Crippen molar-refractivity contribution in [3.63, 3.8) is 0 Å². The summed E-state index contributed by atoms with van der Waals surface area (Å²) in [4.78, 5) is 0. The molecule has 1 heteroatoms. The molecule has 3 rings (SSSR count). The van der Waals surface area contributed by atoms with Crippen LogP contribution in [0.25, 0.3) is 0 Å². The summed E-state index contributed by atoms with van der Waals surface area (Å²) < 4.78 is 0. The van der Waals surface area contributed by atoms with Crippen LogP contribution in [0.5, 0.6) is 0 Å². The first-order valence-corrected chi connectivity index (χ1v) is 5.60. The van der Waals surface area contributed by atoms with Gasteiger partial charge in [0, 0.05) is 0 Å². The molecule has 3 aliphatic carbocycles.